The summed E-state index contributed by atoms with van der Waals surface area (Å²) in [7, 11) is 0. The maximum atomic E-state index is 12.4. The lowest BCUT2D eigenvalue weighted by molar-refractivity contribution is -0.137. The van der Waals surface area contributed by atoms with E-state index in [2.05, 4.69) is 0 Å². The number of halogens is 3. The van der Waals surface area contributed by atoms with Crippen LogP contribution < -0.4 is 4.74 Å². The summed E-state index contributed by atoms with van der Waals surface area (Å²) in [6.45, 7) is 5.79. The van der Waals surface area contributed by atoms with Gasteiger partial charge in [-0.2, -0.15) is 13.2 Å². The van der Waals surface area contributed by atoms with Crippen LogP contribution in [0.15, 0.2) is 48.5 Å². The van der Waals surface area contributed by atoms with E-state index in [1.165, 1.54) is 12.1 Å². The summed E-state index contributed by atoms with van der Waals surface area (Å²) < 4.78 is 42.5. The number of alkyl halides is 3. The minimum absolute atomic E-state index is 0.196. The minimum Gasteiger partial charge on any atom is -0.489 e. The highest BCUT2D eigenvalue weighted by atomic mass is 19.4. The molecule has 19 heavy (non-hydrogen) atoms. The normalized spacial score (nSPS) is 11.4. The van der Waals surface area contributed by atoms with Crippen LogP contribution in [0, 0.1) is 6.92 Å². The van der Waals surface area contributed by atoms with Crippen molar-refractivity contribution in [3.8, 4) is 5.75 Å². The molecule has 0 spiro atoms. The number of ether oxygens (including phenoxy) is 1. The van der Waals surface area contributed by atoms with Crippen LogP contribution in [0.2, 0.25) is 0 Å². The van der Waals surface area contributed by atoms with Crippen LogP contribution >= 0.6 is 0 Å². The van der Waals surface area contributed by atoms with Gasteiger partial charge in [0.05, 0.1) is 5.56 Å². The monoisotopic (exact) mass is 264 g/mol. The molecule has 2 rings (SSSR count). The van der Waals surface area contributed by atoms with Crippen LogP contribution in [0.25, 0.3) is 0 Å². The largest absolute Gasteiger partial charge is 0.489 e. The quantitative estimate of drug-likeness (QED) is 0.801. The molecule has 0 N–H and O–H groups in total. The molecule has 0 atom stereocenters. The Kier molecular flexibility index (Phi) is 3.79. The minimum atomic E-state index is -4.31. The predicted molar refractivity (Wildman–Crippen MR) is 65.6 cm³/mol. The van der Waals surface area contributed by atoms with Gasteiger partial charge < -0.3 is 4.74 Å². The Balaban J connectivity index is 2.01. The third-order valence-electron chi connectivity index (χ3n) is 2.54. The Hall–Kier alpha value is -1.97. The van der Waals surface area contributed by atoms with Gasteiger partial charge in [0.25, 0.3) is 0 Å². The van der Waals surface area contributed by atoms with Crippen LogP contribution in [0.4, 0.5) is 13.2 Å². The zero-order chi connectivity index (χ0) is 13.9. The fourth-order valence-electron chi connectivity index (χ4n) is 1.56. The maximum Gasteiger partial charge on any atom is 0.416 e. The molecule has 98 valence electrons. The Morgan fingerprint density at radius 2 is 1.68 bits per heavy atom. The highest BCUT2D eigenvalue weighted by Crippen LogP contribution is 2.29. The molecule has 0 saturated heterocycles. The summed E-state index contributed by atoms with van der Waals surface area (Å²) in [5.74, 6) is 0.583. The molecule has 2 radical (unpaired) electrons. The van der Waals surface area contributed by atoms with Gasteiger partial charge in [0, 0.05) is 0 Å². The van der Waals surface area contributed by atoms with Gasteiger partial charge in [-0.05, 0) is 42.3 Å². The average Bonchev–Trinajstić information content (AvgIpc) is 2.36. The first-order chi connectivity index (χ1) is 8.95. The fourth-order valence-corrected chi connectivity index (χ4v) is 1.56. The first kappa shape index (κ1) is 13.5. The van der Waals surface area contributed by atoms with Crippen LogP contribution in [0.1, 0.15) is 16.7 Å². The van der Waals surface area contributed by atoms with Crippen molar-refractivity contribution in [1.29, 1.82) is 0 Å². The molecule has 0 fully saturated rings. The van der Waals surface area contributed by atoms with E-state index in [0.717, 1.165) is 12.1 Å². The van der Waals surface area contributed by atoms with Crippen molar-refractivity contribution in [3.05, 3.63) is 72.1 Å². The standard InChI is InChI=1S/C15H11F3O/c1-11-3-2-4-14(9-11)19-10-12-5-7-13(8-6-12)15(16,17)18/h1-9H,10H2. The van der Waals surface area contributed by atoms with E-state index < -0.39 is 11.7 Å². The second-order valence-electron chi connectivity index (χ2n) is 4.06. The highest BCUT2D eigenvalue weighted by molar-refractivity contribution is 5.30. The molecule has 0 bridgehead atoms. The van der Waals surface area contributed by atoms with Gasteiger partial charge in [-0.1, -0.05) is 24.3 Å². The number of rotatable bonds is 3. The number of hydrogen-bond acceptors (Lipinski definition) is 1. The van der Waals surface area contributed by atoms with Gasteiger partial charge in [0.15, 0.2) is 0 Å². The van der Waals surface area contributed by atoms with Gasteiger partial charge in [-0.3, -0.25) is 0 Å². The van der Waals surface area contributed by atoms with E-state index in [4.69, 9.17) is 11.7 Å². The summed E-state index contributed by atoms with van der Waals surface area (Å²) in [5, 5.41) is 0. The third kappa shape index (κ3) is 3.74. The van der Waals surface area contributed by atoms with E-state index in [-0.39, 0.29) is 6.61 Å². The first-order valence-corrected chi connectivity index (χ1v) is 5.59. The Bertz CT molecular complexity index is 544. The first-order valence-electron chi connectivity index (χ1n) is 5.59. The molecule has 0 unspecified atom stereocenters. The number of hydrogen-bond donors (Lipinski definition) is 0. The summed E-state index contributed by atoms with van der Waals surface area (Å²) in [4.78, 5) is 0. The zero-order valence-electron chi connectivity index (χ0n) is 9.95. The molecule has 1 nitrogen and oxygen atoms in total. The van der Waals surface area contributed by atoms with Crippen molar-refractivity contribution in [2.24, 2.45) is 0 Å². The van der Waals surface area contributed by atoms with E-state index in [9.17, 15) is 13.2 Å². The second-order valence-corrected chi connectivity index (χ2v) is 4.06. The third-order valence-corrected chi connectivity index (χ3v) is 2.54. The Morgan fingerprint density at radius 1 is 1.00 bits per heavy atom. The van der Waals surface area contributed by atoms with Gasteiger partial charge in [0.1, 0.15) is 12.4 Å². The summed E-state index contributed by atoms with van der Waals surface area (Å²) >= 11 is 0. The van der Waals surface area contributed by atoms with Gasteiger partial charge in [-0.25, -0.2) is 0 Å². The molecular weight excluding hydrogens is 253 g/mol. The van der Waals surface area contributed by atoms with Crippen molar-refractivity contribution >= 4 is 0 Å². The lowest BCUT2D eigenvalue weighted by Gasteiger charge is -2.09. The van der Waals surface area contributed by atoms with Crippen LogP contribution in [0.3, 0.4) is 0 Å². The van der Waals surface area contributed by atoms with Crippen molar-refractivity contribution in [2.75, 3.05) is 0 Å². The Labute approximate surface area is 109 Å². The predicted octanol–water partition coefficient (Wildman–Crippen LogP) is 4.34. The maximum absolute atomic E-state index is 12.4. The lowest BCUT2D eigenvalue weighted by Crippen LogP contribution is -2.05. The molecule has 4 heteroatoms. The smallest absolute Gasteiger partial charge is 0.416 e. The van der Waals surface area contributed by atoms with Crippen LogP contribution in [-0.4, -0.2) is 0 Å². The molecule has 0 amide bonds. The molecule has 0 saturated carbocycles. The highest BCUT2D eigenvalue weighted by Gasteiger charge is 2.29. The van der Waals surface area contributed by atoms with Gasteiger partial charge in [-0.15, -0.1) is 0 Å². The SMILES string of the molecule is [CH]c1cccc(OCc2ccc(C(F)(F)F)cc2)c1. The molecule has 2 aromatic rings. The summed E-state index contributed by atoms with van der Waals surface area (Å²) in [6, 6.07) is 11.7. The molecule has 0 aliphatic rings. The van der Waals surface area contributed by atoms with Crippen molar-refractivity contribution in [1.82, 2.24) is 0 Å². The summed E-state index contributed by atoms with van der Waals surface area (Å²) in [6.07, 6.45) is -4.31. The van der Waals surface area contributed by atoms with E-state index in [1.54, 1.807) is 24.3 Å². The Morgan fingerprint density at radius 3 is 2.26 bits per heavy atom. The molecular formula is C15H11F3O. The van der Waals surface area contributed by atoms with Crippen molar-refractivity contribution in [2.45, 2.75) is 12.8 Å². The molecule has 2 aromatic carbocycles. The zero-order valence-corrected chi connectivity index (χ0v) is 9.95. The molecule has 0 aromatic heterocycles. The van der Waals surface area contributed by atoms with Crippen LogP contribution in [-0.2, 0) is 12.8 Å². The van der Waals surface area contributed by atoms with Gasteiger partial charge >= 0.3 is 6.18 Å². The molecule has 0 heterocycles. The fraction of sp³-hybridized carbons (Fsp3) is 0.133. The van der Waals surface area contributed by atoms with Crippen molar-refractivity contribution in [3.63, 3.8) is 0 Å². The van der Waals surface area contributed by atoms with Crippen molar-refractivity contribution < 1.29 is 17.9 Å². The lowest BCUT2D eigenvalue weighted by atomic mass is 10.1. The summed E-state index contributed by atoms with van der Waals surface area (Å²) in [5.41, 5.74) is 0.570. The van der Waals surface area contributed by atoms with Crippen LogP contribution in [0.5, 0.6) is 5.75 Å². The van der Waals surface area contributed by atoms with E-state index in [0.29, 0.717) is 16.9 Å². The second kappa shape index (κ2) is 5.34. The molecule has 0 aliphatic heterocycles. The number of benzene rings is 2. The topological polar surface area (TPSA) is 9.23 Å². The van der Waals surface area contributed by atoms with Gasteiger partial charge in [0.2, 0.25) is 0 Å². The van der Waals surface area contributed by atoms with E-state index in [1.807, 2.05) is 0 Å². The average molecular weight is 264 g/mol. The van der Waals surface area contributed by atoms with E-state index >= 15 is 0 Å². The molecule has 0 aliphatic carbocycles.